The van der Waals surface area contributed by atoms with Gasteiger partial charge in [0.1, 0.15) is 0 Å². The topological polar surface area (TPSA) is 35.5 Å². The SMILES string of the molecule is COC(C)O[C]=O. The molecule has 0 heterocycles. The maximum absolute atomic E-state index is 9.35. The highest BCUT2D eigenvalue weighted by Crippen LogP contribution is 1.83. The third-order valence-corrected chi connectivity index (χ3v) is 0.546. The molecule has 0 saturated heterocycles. The smallest absolute Gasteiger partial charge is 0.419 e. The molecule has 0 spiro atoms. The normalized spacial score (nSPS) is 12.9. The first-order valence-electron chi connectivity index (χ1n) is 1.87. The van der Waals surface area contributed by atoms with Crippen LogP contribution in [0.3, 0.4) is 0 Å². The Labute approximate surface area is 42.2 Å². The molecule has 7 heavy (non-hydrogen) atoms. The van der Waals surface area contributed by atoms with Gasteiger partial charge in [0.2, 0.25) is 0 Å². The molecule has 3 heteroatoms. The summed E-state index contributed by atoms with van der Waals surface area (Å²) in [7, 11) is 1.45. The largest absolute Gasteiger partial charge is 0.428 e. The molecule has 1 atom stereocenters. The second-order valence-electron chi connectivity index (χ2n) is 1.00. The van der Waals surface area contributed by atoms with Gasteiger partial charge < -0.3 is 9.47 Å². The third kappa shape index (κ3) is 3.26. The highest BCUT2D eigenvalue weighted by molar-refractivity contribution is 5.38. The summed E-state index contributed by atoms with van der Waals surface area (Å²) < 4.78 is 8.67. The Kier molecular flexibility index (Phi) is 3.32. The van der Waals surface area contributed by atoms with E-state index >= 15 is 0 Å². The molecule has 0 aromatic carbocycles. The van der Waals surface area contributed by atoms with Crippen molar-refractivity contribution in [2.45, 2.75) is 13.2 Å². The lowest BCUT2D eigenvalue weighted by Gasteiger charge is -2.02. The van der Waals surface area contributed by atoms with E-state index in [1.807, 2.05) is 0 Å². The molecule has 0 aromatic rings. The van der Waals surface area contributed by atoms with Gasteiger partial charge in [-0.1, -0.05) is 0 Å². The molecule has 3 nitrogen and oxygen atoms in total. The van der Waals surface area contributed by atoms with Gasteiger partial charge in [-0.15, -0.1) is 0 Å². The minimum Gasteiger partial charge on any atom is -0.428 e. The molecule has 0 aliphatic carbocycles. The number of methoxy groups -OCH3 is 1. The molecule has 0 aliphatic rings. The molecule has 41 valence electrons. The molecule has 0 fully saturated rings. The fourth-order valence-electron chi connectivity index (χ4n) is 0.116. The zero-order chi connectivity index (χ0) is 5.70. The fraction of sp³-hybridized carbons (Fsp3) is 0.750. The maximum Gasteiger partial charge on any atom is 0.419 e. The van der Waals surface area contributed by atoms with Crippen LogP contribution in [0.2, 0.25) is 0 Å². The Morgan fingerprint density at radius 2 is 2.29 bits per heavy atom. The number of hydrogen-bond donors (Lipinski definition) is 0. The van der Waals surface area contributed by atoms with Crippen molar-refractivity contribution in [1.29, 1.82) is 0 Å². The summed E-state index contributed by atoms with van der Waals surface area (Å²) in [5, 5.41) is 0. The van der Waals surface area contributed by atoms with Gasteiger partial charge in [-0.25, -0.2) is 4.79 Å². The van der Waals surface area contributed by atoms with Crippen LogP contribution in [0.1, 0.15) is 6.92 Å². The van der Waals surface area contributed by atoms with Crippen LogP contribution in [0.5, 0.6) is 0 Å². The molecule has 0 rings (SSSR count). The molecule has 0 saturated carbocycles. The van der Waals surface area contributed by atoms with Crippen LogP contribution < -0.4 is 0 Å². The predicted octanol–water partition coefficient (Wildman–Crippen LogP) is 0.0626. The monoisotopic (exact) mass is 103 g/mol. The Morgan fingerprint density at radius 1 is 1.71 bits per heavy atom. The Bertz CT molecular complexity index is 52.9. The van der Waals surface area contributed by atoms with Crippen LogP contribution in [0.25, 0.3) is 0 Å². The molecule has 0 N–H and O–H groups in total. The standard InChI is InChI=1S/C4H7O3/c1-4(6-2)7-3-5/h4H,1-2H3. The number of rotatable bonds is 3. The summed E-state index contributed by atoms with van der Waals surface area (Å²) in [5.41, 5.74) is 0. The predicted molar refractivity (Wildman–Crippen MR) is 23.2 cm³/mol. The lowest BCUT2D eigenvalue weighted by molar-refractivity contribution is -0.0486. The molecule has 0 amide bonds. The van der Waals surface area contributed by atoms with Crippen LogP contribution in [0.4, 0.5) is 0 Å². The van der Waals surface area contributed by atoms with Crippen molar-refractivity contribution < 1.29 is 14.3 Å². The first kappa shape index (κ1) is 6.43. The van der Waals surface area contributed by atoms with Gasteiger partial charge in [0.05, 0.1) is 0 Å². The van der Waals surface area contributed by atoms with Crippen molar-refractivity contribution >= 4 is 6.47 Å². The zero-order valence-corrected chi connectivity index (χ0v) is 4.30. The van der Waals surface area contributed by atoms with E-state index < -0.39 is 6.29 Å². The highest BCUT2D eigenvalue weighted by atomic mass is 16.7. The van der Waals surface area contributed by atoms with E-state index in [0.29, 0.717) is 0 Å². The molecular weight excluding hydrogens is 96.0 g/mol. The van der Waals surface area contributed by atoms with E-state index in [9.17, 15) is 4.79 Å². The molecular formula is C4H7O3. The van der Waals surface area contributed by atoms with Gasteiger partial charge in [0, 0.05) is 7.11 Å². The average Bonchev–Trinajstić information content (AvgIpc) is 1.68. The van der Waals surface area contributed by atoms with Crippen molar-refractivity contribution in [2.24, 2.45) is 0 Å². The lowest BCUT2D eigenvalue weighted by atomic mass is 10.8. The first-order valence-corrected chi connectivity index (χ1v) is 1.87. The summed E-state index contributed by atoms with van der Waals surface area (Å²) in [4.78, 5) is 9.35. The summed E-state index contributed by atoms with van der Waals surface area (Å²) in [6.45, 7) is 2.85. The van der Waals surface area contributed by atoms with Gasteiger partial charge in [0.15, 0.2) is 6.29 Å². The molecule has 0 aromatic heterocycles. The van der Waals surface area contributed by atoms with E-state index in [-0.39, 0.29) is 0 Å². The fourth-order valence-corrected chi connectivity index (χ4v) is 0.116. The number of ether oxygens (including phenoxy) is 2. The molecule has 0 aliphatic heterocycles. The van der Waals surface area contributed by atoms with Crippen molar-refractivity contribution in [3.63, 3.8) is 0 Å². The van der Waals surface area contributed by atoms with E-state index in [4.69, 9.17) is 0 Å². The zero-order valence-electron chi connectivity index (χ0n) is 4.30. The van der Waals surface area contributed by atoms with Crippen LogP contribution in [-0.2, 0) is 14.3 Å². The summed E-state index contributed by atoms with van der Waals surface area (Å²) in [6.07, 6.45) is -0.475. The highest BCUT2D eigenvalue weighted by Gasteiger charge is 1.93. The molecule has 1 unspecified atom stereocenters. The summed E-state index contributed by atoms with van der Waals surface area (Å²) in [5.74, 6) is 0. The third-order valence-electron chi connectivity index (χ3n) is 0.546. The van der Waals surface area contributed by atoms with Crippen LogP contribution >= 0.6 is 0 Å². The van der Waals surface area contributed by atoms with E-state index in [2.05, 4.69) is 9.47 Å². The van der Waals surface area contributed by atoms with E-state index in [0.717, 1.165) is 0 Å². The quantitative estimate of drug-likeness (QED) is 0.474. The Balaban J connectivity index is 2.98. The average molecular weight is 103 g/mol. The molecule has 1 radical (unpaired) electrons. The Morgan fingerprint density at radius 3 is 2.43 bits per heavy atom. The van der Waals surface area contributed by atoms with Crippen LogP contribution in [-0.4, -0.2) is 19.9 Å². The van der Waals surface area contributed by atoms with Gasteiger partial charge in [-0.2, -0.15) is 0 Å². The minimum atomic E-state index is -0.475. The summed E-state index contributed by atoms with van der Waals surface area (Å²) in [6, 6.07) is 0. The van der Waals surface area contributed by atoms with E-state index in [1.54, 1.807) is 6.92 Å². The second kappa shape index (κ2) is 3.61. The number of carbonyl (C=O) groups excluding carboxylic acids is 1. The molecule has 0 bridgehead atoms. The minimum absolute atomic E-state index is 0.475. The van der Waals surface area contributed by atoms with Crippen molar-refractivity contribution in [2.75, 3.05) is 7.11 Å². The summed E-state index contributed by atoms with van der Waals surface area (Å²) >= 11 is 0. The van der Waals surface area contributed by atoms with Crippen LogP contribution in [0.15, 0.2) is 0 Å². The lowest BCUT2D eigenvalue weighted by Crippen LogP contribution is -2.07. The van der Waals surface area contributed by atoms with Gasteiger partial charge in [-0.05, 0) is 6.92 Å². The van der Waals surface area contributed by atoms with Gasteiger partial charge in [0.25, 0.3) is 0 Å². The first-order chi connectivity index (χ1) is 3.31. The van der Waals surface area contributed by atoms with Crippen molar-refractivity contribution in [3.8, 4) is 0 Å². The number of hydrogen-bond acceptors (Lipinski definition) is 3. The maximum atomic E-state index is 9.35. The van der Waals surface area contributed by atoms with Gasteiger partial charge >= 0.3 is 6.47 Å². The van der Waals surface area contributed by atoms with E-state index in [1.165, 1.54) is 13.6 Å². The van der Waals surface area contributed by atoms with Crippen LogP contribution in [0, 0.1) is 0 Å². The van der Waals surface area contributed by atoms with Gasteiger partial charge in [-0.3, -0.25) is 0 Å². The van der Waals surface area contributed by atoms with Crippen molar-refractivity contribution in [1.82, 2.24) is 0 Å². The second-order valence-corrected chi connectivity index (χ2v) is 1.00. The van der Waals surface area contributed by atoms with Crippen molar-refractivity contribution in [3.05, 3.63) is 0 Å². The Hall–Kier alpha value is -0.570.